The highest BCUT2D eigenvalue weighted by Crippen LogP contribution is 2.15. The molecule has 0 spiro atoms. The zero-order valence-electron chi connectivity index (χ0n) is 8.73. The highest BCUT2D eigenvalue weighted by molar-refractivity contribution is 7.99. The van der Waals surface area contributed by atoms with Gasteiger partial charge >= 0.3 is 0 Å². The van der Waals surface area contributed by atoms with E-state index in [4.69, 9.17) is 11.6 Å². The van der Waals surface area contributed by atoms with E-state index in [-0.39, 0.29) is 11.6 Å². The number of halogens is 1. The van der Waals surface area contributed by atoms with Crippen LogP contribution in [0, 0.1) is 0 Å². The molecule has 0 atom stereocenters. The van der Waals surface area contributed by atoms with Crippen LogP contribution in [0.15, 0.2) is 35.2 Å². The minimum atomic E-state index is -3.18. The maximum atomic E-state index is 11.2. The molecule has 0 saturated heterocycles. The molecule has 0 unspecified atom stereocenters. The Morgan fingerprint density at radius 3 is 2.56 bits per heavy atom. The molecule has 0 aromatic heterocycles. The summed E-state index contributed by atoms with van der Waals surface area (Å²) in [6, 6.07) is 9.86. The number of rotatable bonds is 7. The second kappa shape index (κ2) is 7.17. The van der Waals surface area contributed by atoms with Crippen LogP contribution in [0.25, 0.3) is 0 Å². The molecule has 1 N–H and O–H groups in total. The van der Waals surface area contributed by atoms with Gasteiger partial charge in [-0.3, -0.25) is 0 Å². The standard InChI is InChI=1S/C10H14ClNO2S2/c11-6-9-16(13,14)12-7-8-15-10-4-2-1-3-5-10/h1-5,12H,6-9H2. The fourth-order valence-corrected chi connectivity index (χ4v) is 3.35. The highest BCUT2D eigenvalue weighted by Gasteiger charge is 2.07. The molecular weight excluding hydrogens is 266 g/mol. The molecule has 1 aromatic carbocycles. The Balaban J connectivity index is 2.22. The van der Waals surface area contributed by atoms with Crippen molar-refractivity contribution < 1.29 is 8.42 Å². The maximum absolute atomic E-state index is 11.2. The third-order valence-corrected chi connectivity index (χ3v) is 4.59. The van der Waals surface area contributed by atoms with E-state index in [9.17, 15) is 8.42 Å². The van der Waals surface area contributed by atoms with Crippen molar-refractivity contribution in [1.82, 2.24) is 4.72 Å². The van der Waals surface area contributed by atoms with Gasteiger partial charge in [-0.1, -0.05) is 18.2 Å². The van der Waals surface area contributed by atoms with Crippen molar-refractivity contribution in [2.45, 2.75) is 4.90 Å². The van der Waals surface area contributed by atoms with Crippen LogP contribution in [0.1, 0.15) is 0 Å². The molecular formula is C10H14ClNO2S2. The zero-order chi connectivity index (χ0) is 11.9. The van der Waals surface area contributed by atoms with Crippen molar-refractivity contribution in [3.05, 3.63) is 30.3 Å². The van der Waals surface area contributed by atoms with Crippen LogP contribution >= 0.6 is 23.4 Å². The van der Waals surface area contributed by atoms with E-state index in [0.717, 1.165) is 4.90 Å². The molecule has 0 saturated carbocycles. The third-order valence-electron chi connectivity index (χ3n) is 1.78. The molecule has 16 heavy (non-hydrogen) atoms. The summed E-state index contributed by atoms with van der Waals surface area (Å²) in [6.07, 6.45) is 0. The fraction of sp³-hybridized carbons (Fsp3) is 0.400. The number of hydrogen-bond acceptors (Lipinski definition) is 3. The summed E-state index contributed by atoms with van der Waals surface area (Å²) in [6.45, 7) is 0.429. The minimum Gasteiger partial charge on any atom is -0.214 e. The molecule has 0 fully saturated rings. The SMILES string of the molecule is O=S(=O)(CCCl)NCCSc1ccccc1. The molecule has 1 aromatic rings. The monoisotopic (exact) mass is 279 g/mol. The van der Waals surface area contributed by atoms with Crippen LogP contribution < -0.4 is 4.72 Å². The lowest BCUT2D eigenvalue weighted by Crippen LogP contribution is -2.28. The third kappa shape index (κ3) is 5.75. The quantitative estimate of drug-likeness (QED) is 0.471. The number of alkyl halides is 1. The van der Waals surface area contributed by atoms with Gasteiger partial charge in [-0.2, -0.15) is 0 Å². The van der Waals surface area contributed by atoms with E-state index in [2.05, 4.69) is 4.72 Å². The summed E-state index contributed by atoms with van der Waals surface area (Å²) in [5, 5.41) is 0. The smallest absolute Gasteiger partial charge is 0.212 e. The van der Waals surface area contributed by atoms with Crippen LogP contribution in [0.3, 0.4) is 0 Å². The lowest BCUT2D eigenvalue weighted by Gasteiger charge is -2.04. The average molecular weight is 280 g/mol. The first-order chi connectivity index (χ1) is 7.64. The highest BCUT2D eigenvalue weighted by atomic mass is 35.5. The zero-order valence-corrected chi connectivity index (χ0v) is 11.1. The topological polar surface area (TPSA) is 46.2 Å². The normalized spacial score (nSPS) is 11.6. The van der Waals surface area contributed by atoms with E-state index < -0.39 is 10.0 Å². The van der Waals surface area contributed by atoms with Gasteiger partial charge in [0.2, 0.25) is 10.0 Å². The second-order valence-electron chi connectivity index (χ2n) is 3.06. The Morgan fingerprint density at radius 2 is 1.94 bits per heavy atom. The summed E-state index contributed by atoms with van der Waals surface area (Å²) < 4.78 is 25.0. The van der Waals surface area contributed by atoms with Gasteiger partial charge in [0.25, 0.3) is 0 Å². The molecule has 90 valence electrons. The minimum absolute atomic E-state index is 0.0233. The van der Waals surface area contributed by atoms with Crippen molar-refractivity contribution in [1.29, 1.82) is 0 Å². The van der Waals surface area contributed by atoms with Crippen molar-refractivity contribution in [2.75, 3.05) is 23.9 Å². The Morgan fingerprint density at radius 1 is 1.25 bits per heavy atom. The van der Waals surface area contributed by atoms with Crippen LogP contribution in [-0.2, 0) is 10.0 Å². The fourth-order valence-electron chi connectivity index (χ4n) is 1.06. The molecule has 1 rings (SSSR count). The number of thioether (sulfide) groups is 1. The van der Waals surface area contributed by atoms with Gasteiger partial charge in [-0.25, -0.2) is 13.1 Å². The van der Waals surface area contributed by atoms with Crippen LogP contribution in [0.4, 0.5) is 0 Å². The van der Waals surface area contributed by atoms with Crippen molar-refractivity contribution in [3.63, 3.8) is 0 Å². The van der Waals surface area contributed by atoms with Gasteiger partial charge in [-0.15, -0.1) is 23.4 Å². The van der Waals surface area contributed by atoms with Crippen LogP contribution in [0.2, 0.25) is 0 Å². The van der Waals surface area contributed by atoms with Crippen molar-refractivity contribution in [2.24, 2.45) is 0 Å². The number of sulfonamides is 1. The summed E-state index contributed by atoms with van der Waals surface area (Å²) in [4.78, 5) is 1.14. The van der Waals surface area contributed by atoms with Gasteiger partial charge in [-0.05, 0) is 12.1 Å². The van der Waals surface area contributed by atoms with Gasteiger partial charge in [0, 0.05) is 23.1 Å². The first-order valence-electron chi connectivity index (χ1n) is 4.85. The summed E-state index contributed by atoms with van der Waals surface area (Å²) in [5.74, 6) is 0.817. The van der Waals surface area contributed by atoms with E-state index in [1.807, 2.05) is 30.3 Å². The molecule has 0 amide bonds. The van der Waals surface area contributed by atoms with Crippen LogP contribution in [0.5, 0.6) is 0 Å². The molecule has 6 heteroatoms. The maximum Gasteiger partial charge on any atom is 0.212 e. The molecule has 0 aliphatic rings. The summed E-state index contributed by atoms with van der Waals surface area (Å²) in [7, 11) is -3.18. The van der Waals surface area contributed by atoms with E-state index in [1.165, 1.54) is 0 Å². The molecule has 0 radical (unpaired) electrons. The number of nitrogens with one attached hydrogen (secondary N) is 1. The van der Waals surface area contributed by atoms with Crippen molar-refractivity contribution in [3.8, 4) is 0 Å². The number of hydrogen-bond donors (Lipinski definition) is 1. The predicted molar refractivity (Wildman–Crippen MR) is 69.7 cm³/mol. The average Bonchev–Trinajstić information content (AvgIpc) is 2.26. The van der Waals surface area contributed by atoms with E-state index in [0.29, 0.717) is 12.3 Å². The second-order valence-corrected chi connectivity index (χ2v) is 6.54. The Labute approximate surface area is 106 Å². The van der Waals surface area contributed by atoms with Gasteiger partial charge in [0.1, 0.15) is 0 Å². The molecule has 0 heterocycles. The number of benzene rings is 1. The van der Waals surface area contributed by atoms with E-state index >= 15 is 0 Å². The summed E-state index contributed by atoms with van der Waals surface area (Å²) in [5.41, 5.74) is 0. The Hall–Kier alpha value is -0.230. The first kappa shape index (κ1) is 13.8. The first-order valence-corrected chi connectivity index (χ1v) is 8.02. The largest absolute Gasteiger partial charge is 0.214 e. The predicted octanol–water partition coefficient (Wildman–Crippen LogP) is 1.94. The lowest BCUT2D eigenvalue weighted by molar-refractivity contribution is 0.585. The van der Waals surface area contributed by atoms with Gasteiger partial charge < -0.3 is 0 Å². The summed E-state index contributed by atoms with van der Waals surface area (Å²) >= 11 is 6.99. The Kier molecular flexibility index (Phi) is 6.20. The lowest BCUT2D eigenvalue weighted by atomic mass is 10.4. The van der Waals surface area contributed by atoms with Gasteiger partial charge in [0.15, 0.2) is 0 Å². The van der Waals surface area contributed by atoms with Crippen molar-refractivity contribution >= 4 is 33.4 Å². The Bertz CT molecular complexity index is 395. The van der Waals surface area contributed by atoms with E-state index in [1.54, 1.807) is 11.8 Å². The van der Waals surface area contributed by atoms with Crippen LogP contribution in [-0.4, -0.2) is 32.3 Å². The molecule has 0 bridgehead atoms. The van der Waals surface area contributed by atoms with Gasteiger partial charge in [0.05, 0.1) is 5.75 Å². The molecule has 3 nitrogen and oxygen atoms in total. The molecule has 0 aliphatic carbocycles. The molecule has 0 aliphatic heterocycles.